The first-order valence-electron chi connectivity index (χ1n) is 18.1. The maximum atomic E-state index is 6.79. The van der Waals surface area contributed by atoms with Crippen LogP contribution in [0.4, 0.5) is 0 Å². The van der Waals surface area contributed by atoms with Crippen LogP contribution in [0, 0.1) is 0 Å². The highest BCUT2D eigenvalue weighted by Crippen LogP contribution is 2.44. The van der Waals surface area contributed by atoms with Crippen molar-refractivity contribution in [2.75, 3.05) is 0 Å². The van der Waals surface area contributed by atoms with E-state index in [9.17, 15) is 0 Å². The summed E-state index contributed by atoms with van der Waals surface area (Å²) < 4.78 is 9.06. The van der Waals surface area contributed by atoms with Gasteiger partial charge in [-0.25, -0.2) is 9.97 Å². The van der Waals surface area contributed by atoms with Crippen molar-refractivity contribution in [1.82, 2.24) is 9.97 Å². The van der Waals surface area contributed by atoms with E-state index in [-0.39, 0.29) is 0 Å². The number of rotatable bonds is 5. The van der Waals surface area contributed by atoms with Gasteiger partial charge in [-0.2, -0.15) is 0 Å². The minimum atomic E-state index is 0.677. The summed E-state index contributed by atoms with van der Waals surface area (Å²) in [6.45, 7) is 0. The largest absolute Gasteiger partial charge is 0.456 e. The Labute approximate surface area is 315 Å². The van der Waals surface area contributed by atoms with Crippen LogP contribution in [0.3, 0.4) is 0 Å². The first kappa shape index (κ1) is 30.7. The minimum absolute atomic E-state index is 0.677. The van der Waals surface area contributed by atoms with Crippen molar-refractivity contribution in [3.8, 4) is 56.0 Å². The number of hydrogen-bond acceptors (Lipinski definition) is 4. The van der Waals surface area contributed by atoms with Gasteiger partial charge in [-0.15, -0.1) is 11.3 Å². The number of fused-ring (bicyclic) bond motifs is 7. The zero-order valence-electron chi connectivity index (χ0n) is 29.0. The predicted octanol–water partition coefficient (Wildman–Crippen LogP) is 14.2. The van der Waals surface area contributed by atoms with Gasteiger partial charge in [0.2, 0.25) is 0 Å². The van der Waals surface area contributed by atoms with Crippen molar-refractivity contribution < 1.29 is 4.42 Å². The van der Waals surface area contributed by atoms with Gasteiger partial charge in [0, 0.05) is 32.0 Å². The number of thiophene rings is 1. The minimum Gasteiger partial charge on any atom is -0.456 e. The third-order valence-electron chi connectivity index (χ3n) is 10.5. The van der Waals surface area contributed by atoms with Crippen LogP contribution in [0.25, 0.3) is 109 Å². The van der Waals surface area contributed by atoms with Gasteiger partial charge in [0.15, 0.2) is 5.82 Å². The molecule has 0 unspecified atom stereocenters. The summed E-state index contributed by atoms with van der Waals surface area (Å²) in [7, 11) is 0. The molecule has 252 valence electrons. The molecule has 54 heavy (non-hydrogen) atoms. The molecule has 3 aromatic heterocycles. The molecule has 0 fully saturated rings. The molecule has 0 spiro atoms. The zero-order chi connectivity index (χ0) is 35.6. The van der Waals surface area contributed by atoms with Gasteiger partial charge in [-0.3, -0.25) is 0 Å². The average Bonchev–Trinajstić information content (AvgIpc) is 3.81. The lowest BCUT2D eigenvalue weighted by atomic mass is 9.96. The summed E-state index contributed by atoms with van der Waals surface area (Å²) in [5.74, 6) is 0.677. The van der Waals surface area contributed by atoms with E-state index in [1.807, 2.05) is 6.07 Å². The molecule has 11 rings (SSSR count). The molecule has 0 aliphatic carbocycles. The van der Waals surface area contributed by atoms with E-state index in [4.69, 9.17) is 14.4 Å². The fourth-order valence-corrected chi connectivity index (χ4v) is 8.94. The summed E-state index contributed by atoms with van der Waals surface area (Å²) in [6.07, 6.45) is 0. The Morgan fingerprint density at radius 2 is 1.02 bits per heavy atom. The van der Waals surface area contributed by atoms with Crippen molar-refractivity contribution in [2.24, 2.45) is 0 Å². The summed E-state index contributed by atoms with van der Waals surface area (Å²) in [5, 5.41) is 5.59. The summed E-state index contributed by atoms with van der Waals surface area (Å²) >= 11 is 1.75. The van der Waals surface area contributed by atoms with E-state index >= 15 is 0 Å². The Hall–Kier alpha value is -6.88. The lowest BCUT2D eigenvalue weighted by molar-refractivity contribution is 0.669. The van der Waals surface area contributed by atoms with E-state index in [1.54, 1.807) is 11.3 Å². The van der Waals surface area contributed by atoms with Crippen molar-refractivity contribution in [3.63, 3.8) is 0 Å². The number of furan rings is 1. The topological polar surface area (TPSA) is 38.9 Å². The molecular weight excluding hydrogens is 677 g/mol. The lowest BCUT2D eigenvalue weighted by Gasteiger charge is -2.11. The van der Waals surface area contributed by atoms with Crippen LogP contribution in [0.15, 0.2) is 186 Å². The van der Waals surface area contributed by atoms with E-state index in [2.05, 4.69) is 176 Å². The smallest absolute Gasteiger partial charge is 0.161 e. The number of benzene rings is 8. The monoisotopic (exact) mass is 706 g/mol. The highest BCUT2D eigenvalue weighted by molar-refractivity contribution is 7.26. The Morgan fingerprint density at radius 1 is 0.407 bits per heavy atom. The van der Waals surface area contributed by atoms with Crippen molar-refractivity contribution in [3.05, 3.63) is 182 Å². The predicted molar refractivity (Wildman–Crippen MR) is 227 cm³/mol. The van der Waals surface area contributed by atoms with Gasteiger partial charge >= 0.3 is 0 Å². The summed E-state index contributed by atoms with van der Waals surface area (Å²) in [4.78, 5) is 10.9. The van der Waals surface area contributed by atoms with Crippen molar-refractivity contribution in [2.45, 2.75) is 0 Å². The van der Waals surface area contributed by atoms with Crippen LogP contribution in [0.2, 0.25) is 0 Å². The number of nitrogens with zero attached hydrogens (tertiary/aromatic N) is 2. The highest BCUT2D eigenvalue weighted by Gasteiger charge is 2.22. The van der Waals surface area contributed by atoms with Gasteiger partial charge < -0.3 is 4.42 Å². The molecule has 0 N–H and O–H groups in total. The van der Waals surface area contributed by atoms with Gasteiger partial charge in [-0.1, -0.05) is 146 Å². The van der Waals surface area contributed by atoms with Crippen LogP contribution >= 0.6 is 11.3 Å². The van der Waals surface area contributed by atoms with E-state index < -0.39 is 0 Å². The quantitative estimate of drug-likeness (QED) is 0.179. The molecule has 0 atom stereocenters. The molecule has 3 nitrogen and oxygen atoms in total. The molecule has 0 bridgehead atoms. The molecule has 0 aliphatic heterocycles. The van der Waals surface area contributed by atoms with Crippen molar-refractivity contribution in [1.29, 1.82) is 0 Å². The van der Waals surface area contributed by atoms with Crippen LogP contribution in [-0.4, -0.2) is 9.97 Å². The SMILES string of the molecule is c1ccc(-c2ccc(-c3nc(-c4cc(-c5ccc6ccccc6c5)cc5oc6cc(-c7ccccc7)ccc6c45)nc4c3sc3ccccc34)cc2)cc1. The third-order valence-corrected chi connectivity index (χ3v) is 11.7. The molecule has 3 heterocycles. The molecule has 8 aromatic carbocycles. The van der Waals surface area contributed by atoms with Gasteiger partial charge in [0.05, 0.1) is 15.9 Å². The third kappa shape index (κ3) is 5.11. The fourth-order valence-electron chi connectivity index (χ4n) is 7.79. The molecule has 0 aliphatic rings. The second-order valence-corrected chi connectivity index (χ2v) is 14.8. The van der Waals surface area contributed by atoms with Gasteiger partial charge in [-0.05, 0) is 80.6 Å². The van der Waals surface area contributed by atoms with Crippen LogP contribution < -0.4 is 0 Å². The molecule has 11 aromatic rings. The first-order valence-corrected chi connectivity index (χ1v) is 19.0. The Balaban J connectivity index is 1.18. The Morgan fingerprint density at radius 3 is 1.83 bits per heavy atom. The highest BCUT2D eigenvalue weighted by atomic mass is 32.1. The van der Waals surface area contributed by atoms with Crippen LogP contribution in [-0.2, 0) is 0 Å². The van der Waals surface area contributed by atoms with Crippen LogP contribution in [0.1, 0.15) is 0 Å². The second-order valence-electron chi connectivity index (χ2n) is 13.8. The average molecular weight is 707 g/mol. The normalized spacial score (nSPS) is 11.7. The summed E-state index contributed by atoms with van der Waals surface area (Å²) in [6, 6.07) is 64.3. The fraction of sp³-hybridized carbons (Fsp3) is 0. The molecule has 0 saturated heterocycles. The molecule has 0 amide bonds. The van der Waals surface area contributed by atoms with Gasteiger partial charge in [0.25, 0.3) is 0 Å². The van der Waals surface area contributed by atoms with Crippen LogP contribution in [0.5, 0.6) is 0 Å². The standard InChI is InChI=1S/C50H30N2OS/c1-3-11-31(12-4-1)34-19-22-35(23-20-34)47-49-48(41-17-9-10-18-45(41)54-49)52-50(51-47)42-28-39(37-24-21-33-15-7-8-16-36(33)27-37)30-44-46(42)40-26-25-38(29-43(40)53-44)32-13-5-2-6-14-32/h1-30H. The maximum Gasteiger partial charge on any atom is 0.161 e. The second kappa shape index (κ2) is 12.4. The first-order chi connectivity index (χ1) is 26.7. The van der Waals surface area contributed by atoms with Crippen molar-refractivity contribution >= 4 is 64.4 Å². The molecule has 0 saturated carbocycles. The van der Waals surface area contributed by atoms with E-state index in [1.165, 1.54) is 26.6 Å². The molecule has 4 heteroatoms. The Bertz CT molecular complexity index is 3200. The zero-order valence-corrected chi connectivity index (χ0v) is 29.8. The molecule has 0 radical (unpaired) electrons. The number of aromatic nitrogens is 2. The molecular formula is C50H30N2OS. The maximum absolute atomic E-state index is 6.79. The summed E-state index contributed by atoms with van der Waals surface area (Å²) in [5.41, 5.74) is 12.3. The van der Waals surface area contributed by atoms with E-state index in [0.717, 1.165) is 76.6 Å². The lowest BCUT2D eigenvalue weighted by Crippen LogP contribution is -1.95. The number of hydrogen-bond donors (Lipinski definition) is 0. The van der Waals surface area contributed by atoms with Gasteiger partial charge in [0.1, 0.15) is 11.2 Å². The Kier molecular flexibility index (Phi) is 7.04. The van der Waals surface area contributed by atoms with E-state index in [0.29, 0.717) is 5.82 Å².